The number of carbonyl (C=O) groups is 1. The smallest absolute Gasteiger partial charge is 0.271 e. The average molecular weight is 290 g/mol. The van der Waals surface area contributed by atoms with Gasteiger partial charge in [-0.1, -0.05) is 12.1 Å². The molecule has 1 amide bonds. The van der Waals surface area contributed by atoms with E-state index in [2.05, 4.69) is 10.9 Å². The minimum Gasteiger partial charge on any atom is -0.497 e. The maximum absolute atomic E-state index is 12.7. The maximum Gasteiger partial charge on any atom is 0.271 e. The summed E-state index contributed by atoms with van der Waals surface area (Å²) in [5.41, 5.74) is 5.86. The van der Waals surface area contributed by atoms with E-state index < -0.39 is 12.0 Å². The molecule has 2 rings (SSSR count). The van der Waals surface area contributed by atoms with Gasteiger partial charge in [-0.05, 0) is 42.0 Å². The van der Waals surface area contributed by atoms with Crippen molar-refractivity contribution in [2.45, 2.75) is 6.10 Å². The molecule has 0 saturated carbocycles. The van der Waals surface area contributed by atoms with Crippen LogP contribution in [-0.4, -0.2) is 18.1 Å². The Morgan fingerprint density at radius 2 is 1.95 bits per heavy atom. The highest BCUT2D eigenvalue weighted by atomic mass is 19.1. The molecule has 0 radical (unpaired) electrons. The molecule has 5 nitrogen and oxygen atoms in total. The molecular formula is C15H15FN2O3. The van der Waals surface area contributed by atoms with Crippen LogP contribution in [0.4, 0.5) is 10.1 Å². The molecular weight excluding hydrogens is 275 g/mol. The Balaban J connectivity index is 1.97. The van der Waals surface area contributed by atoms with Gasteiger partial charge in [-0.2, -0.15) is 0 Å². The Morgan fingerprint density at radius 3 is 2.62 bits per heavy atom. The van der Waals surface area contributed by atoms with Gasteiger partial charge >= 0.3 is 0 Å². The van der Waals surface area contributed by atoms with Crippen LogP contribution in [0, 0.1) is 5.82 Å². The quantitative estimate of drug-likeness (QED) is 0.737. The molecule has 0 aliphatic heterocycles. The molecule has 110 valence electrons. The summed E-state index contributed by atoms with van der Waals surface area (Å²) in [5.74, 6) is -0.457. The van der Waals surface area contributed by atoms with E-state index in [9.17, 15) is 14.3 Å². The molecule has 3 N–H and O–H groups in total. The van der Waals surface area contributed by atoms with Gasteiger partial charge in [0.25, 0.3) is 5.91 Å². The second kappa shape index (κ2) is 6.71. The van der Waals surface area contributed by atoms with Crippen LogP contribution < -0.4 is 15.6 Å². The number of carbonyl (C=O) groups excluding carboxylic acids is 1. The fourth-order valence-electron chi connectivity index (χ4n) is 1.70. The van der Waals surface area contributed by atoms with Gasteiger partial charge in [0.2, 0.25) is 0 Å². The van der Waals surface area contributed by atoms with E-state index in [0.29, 0.717) is 17.0 Å². The number of rotatable bonds is 5. The molecule has 0 bridgehead atoms. The molecule has 1 atom stereocenters. The summed E-state index contributed by atoms with van der Waals surface area (Å²) in [4.78, 5) is 11.8. The second-order valence-corrected chi connectivity index (χ2v) is 4.30. The maximum atomic E-state index is 12.7. The highest BCUT2D eigenvalue weighted by Crippen LogP contribution is 2.19. The highest BCUT2D eigenvalue weighted by molar-refractivity contribution is 5.83. The molecule has 0 aliphatic rings. The van der Waals surface area contributed by atoms with Crippen LogP contribution in [0.5, 0.6) is 5.75 Å². The Labute approximate surface area is 121 Å². The van der Waals surface area contributed by atoms with E-state index in [-0.39, 0.29) is 5.82 Å². The number of benzene rings is 2. The van der Waals surface area contributed by atoms with Gasteiger partial charge in [0.1, 0.15) is 11.6 Å². The summed E-state index contributed by atoms with van der Waals surface area (Å²) in [5, 5.41) is 9.96. The largest absolute Gasteiger partial charge is 0.497 e. The van der Waals surface area contributed by atoms with Gasteiger partial charge in [0, 0.05) is 0 Å². The molecule has 0 saturated heterocycles. The third-order valence-electron chi connectivity index (χ3n) is 2.83. The first kappa shape index (κ1) is 14.8. The Kier molecular flexibility index (Phi) is 4.73. The van der Waals surface area contributed by atoms with E-state index in [1.54, 1.807) is 24.3 Å². The molecule has 0 heterocycles. The predicted octanol–water partition coefficient (Wildman–Crippen LogP) is 2.01. The molecule has 21 heavy (non-hydrogen) atoms. The van der Waals surface area contributed by atoms with Gasteiger partial charge in [0.05, 0.1) is 12.8 Å². The first-order valence-corrected chi connectivity index (χ1v) is 6.23. The van der Waals surface area contributed by atoms with E-state index in [1.807, 2.05) is 0 Å². The lowest BCUT2D eigenvalue weighted by atomic mass is 10.1. The van der Waals surface area contributed by atoms with Crippen molar-refractivity contribution in [2.24, 2.45) is 0 Å². The Bertz CT molecular complexity index is 617. The number of amides is 1. The number of hydrogen-bond acceptors (Lipinski definition) is 4. The number of methoxy groups -OCH3 is 1. The fraction of sp³-hybridized carbons (Fsp3) is 0.133. The molecule has 0 spiro atoms. The van der Waals surface area contributed by atoms with Crippen LogP contribution in [0.15, 0.2) is 48.5 Å². The SMILES string of the molecule is COc1cccc(C(O)C(=O)NNc2ccc(F)cc2)c1. The van der Waals surface area contributed by atoms with Crippen molar-refractivity contribution in [3.05, 3.63) is 59.9 Å². The summed E-state index contributed by atoms with van der Waals surface area (Å²) >= 11 is 0. The molecule has 1 unspecified atom stereocenters. The first-order valence-electron chi connectivity index (χ1n) is 6.23. The van der Waals surface area contributed by atoms with E-state index in [4.69, 9.17) is 4.74 Å². The summed E-state index contributed by atoms with van der Waals surface area (Å²) in [6, 6.07) is 12.0. The summed E-state index contributed by atoms with van der Waals surface area (Å²) in [6.07, 6.45) is -1.34. The number of hydrogen-bond donors (Lipinski definition) is 3. The lowest BCUT2D eigenvalue weighted by molar-refractivity contribution is -0.129. The van der Waals surface area contributed by atoms with Crippen LogP contribution in [0.2, 0.25) is 0 Å². The first-order chi connectivity index (χ1) is 10.1. The van der Waals surface area contributed by atoms with Gasteiger partial charge in [-0.15, -0.1) is 0 Å². The zero-order chi connectivity index (χ0) is 15.2. The van der Waals surface area contributed by atoms with Crippen molar-refractivity contribution < 1.29 is 19.0 Å². The van der Waals surface area contributed by atoms with Gasteiger partial charge in [-0.25, -0.2) is 4.39 Å². The number of anilines is 1. The number of nitrogens with one attached hydrogen (secondary N) is 2. The molecule has 2 aromatic carbocycles. The lowest BCUT2D eigenvalue weighted by Gasteiger charge is -2.14. The summed E-state index contributed by atoms with van der Waals surface area (Å²) in [7, 11) is 1.50. The van der Waals surface area contributed by atoms with Crippen LogP contribution >= 0.6 is 0 Å². The van der Waals surface area contributed by atoms with Crippen LogP contribution in [0.3, 0.4) is 0 Å². The van der Waals surface area contributed by atoms with Crippen molar-refractivity contribution >= 4 is 11.6 Å². The number of aliphatic hydroxyl groups is 1. The van der Waals surface area contributed by atoms with Crippen molar-refractivity contribution in [2.75, 3.05) is 12.5 Å². The minimum atomic E-state index is -1.34. The average Bonchev–Trinajstić information content (AvgIpc) is 2.53. The molecule has 2 aromatic rings. The van der Waals surface area contributed by atoms with Crippen LogP contribution in [0.1, 0.15) is 11.7 Å². The zero-order valence-electron chi connectivity index (χ0n) is 11.3. The van der Waals surface area contributed by atoms with Crippen molar-refractivity contribution in [3.63, 3.8) is 0 Å². The minimum absolute atomic E-state index is 0.372. The van der Waals surface area contributed by atoms with Crippen molar-refractivity contribution in [3.8, 4) is 5.75 Å². The predicted molar refractivity (Wildman–Crippen MR) is 76.1 cm³/mol. The number of aliphatic hydroxyl groups excluding tert-OH is 1. The van der Waals surface area contributed by atoms with Crippen LogP contribution in [-0.2, 0) is 4.79 Å². The molecule has 6 heteroatoms. The molecule has 0 aromatic heterocycles. The van der Waals surface area contributed by atoms with Gasteiger partial charge in [0.15, 0.2) is 6.10 Å². The van der Waals surface area contributed by atoms with Gasteiger partial charge < -0.3 is 9.84 Å². The number of halogens is 1. The third kappa shape index (κ3) is 3.93. The third-order valence-corrected chi connectivity index (χ3v) is 2.83. The standard InChI is InChI=1S/C15H15FN2O3/c1-21-13-4-2-3-10(9-13)14(19)15(20)18-17-12-7-5-11(16)6-8-12/h2-9,14,17,19H,1H3,(H,18,20). The van der Waals surface area contributed by atoms with E-state index >= 15 is 0 Å². The fourth-order valence-corrected chi connectivity index (χ4v) is 1.70. The lowest BCUT2D eigenvalue weighted by Crippen LogP contribution is -2.33. The zero-order valence-corrected chi connectivity index (χ0v) is 11.3. The second-order valence-electron chi connectivity index (χ2n) is 4.30. The Morgan fingerprint density at radius 1 is 1.24 bits per heavy atom. The Hall–Kier alpha value is -2.60. The highest BCUT2D eigenvalue weighted by Gasteiger charge is 2.17. The molecule has 0 aliphatic carbocycles. The number of hydrazine groups is 1. The van der Waals surface area contributed by atoms with Crippen LogP contribution in [0.25, 0.3) is 0 Å². The topological polar surface area (TPSA) is 70.6 Å². The normalized spacial score (nSPS) is 11.6. The monoisotopic (exact) mass is 290 g/mol. The van der Waals surface area contributed by atoms with E-state index in [0.717, 1.165) is 0 Å². The van der Waals surface area contributed by atoms with E-state index in [1.165, 1.54) is 31.4 Å². The summed E-state index contributed by atoms with van der Waals surface area (Å²) in [6.45, 7) is 0. The van der Waals surface area contributed by atoms with Crippen molar-refractivity contribution in [1.82, 2.24) is 5.43 Å². The van der Waals surface area contributed by atoms with Gasteiger partial charge in [-0.3, -0.25) is 15.6 Å². The summed E-state index contributed by atoms with van der Waals surface area (Å²) < 4.78 is 17.8. The van der Waals surface area contributed by atoms with Crippen molar-refractivity contribution in [1.29, 1.82) is 0 Å². The number of ether oxygens (including phenoxy) is 1. The molecule has 0 fully saturated rings.